The third kappa shape index (κ3) is 2.37. The van der Waals surface area contributed by atoms with Gasteiger partial charge in [0.05, 0.1) is 0 Å². The van der Waals surface area contributed by atoms with Crippen LogP contribution < -0.4 is 4.57 Å². The van der Waals surface area contributed by atoms with Crippen LogP contribution in [0.3, 0.4) is 0 Å². The molecule has 0 N–H and O–H groups in total. The minimum atomic E-state index is 0.449. The topological polar surface area (TPSA) is 3.88 Å². The van der Waals surface area contributed by atoms with Crippen LogP contribution in [0.1, 0.15) is 37.0 Å². The Morgan fingerprint density at radius 3 is 2.60 bits per heavy atom. The molecule has 1 aromatic carbocycles. The van der Waals surface area contributed by atoms with Crippen molar-refractivity contribution in [1.29, 1.82) is 0 Å². The molecule has 1 nitrogen and oxygen atoms in total. The predicted octanol–water partition coefficient (Wildman–Crippen LogP) is 4.00. The summed E-state index contributed by atoms with van der Waals surface area (Å²) in [7, 11) is 2.17. The first-order valence-electron chi connectivity index (χ1n) is 7.54. The fraction of sp³-hybridized carbons (Fsp3) is 0.421. The molecular weight excluding hydrogens is 242 g/mol. The first-order valence-corrected chi connectivity index (χ1v) is 7.54. The number of aromatic nitrogens is 1. The molecule has 1 aromatic heterocycles. The quantitative estimate of drug-likeness (QED) is 0.687. The smallest absolute Gasteiger partial charge is 0.201 e. The molecule has 1 aliphatic carbocycles. The lowest BCUT2D eigenvalue weighted by Gasteiger charge is -2.30. The first kappa shape index (κ1) is 13.4. The van der Waals surface area contributed by atoms with E-state index in [-0.39, 0.29) is 0 Å². The fourth-order valence-electron chi connectivity index (χ4n) is 3.34. The summed E-state index contributed by atoms with van der Waals surface area (Å²) >= 11 is 0. The number of hydrogen-bond acceptors (Lipinski definition) is 0. The van der Waals surface area contributed by atoms with Gasteiger partial charge in [0.25, 0.3) is 0 Å². The molecule has 0 amide bonds. The SMILES string of the molecule is Cc1ccccc1-c1cc2c(c[n+]1C)CC(C)(C)CC2. The number of nitrogens with zero attached hydrogens (tertiary/aromatic N) is 1. The van der Waals surface area contributed by atoms with Gasteiger partial charge in [-0.15, -0.1) is 0 Å². The molecular formula is C19H24N+. The second-order valence-electron chi connectivity index (χ2n) is 6.98. The van der Waals surface area contributed by atoms with Crippen LogP contribution >= 0.6 is 0 Å². The Morgan fingerprint density at radius 2 is 1.85 bits per heavy atom. The Labute approximate surface area is 122 Å². The lowest BCUT2D eigenvalue weighted by molar-refractivity contribution is -0.661. The molecule has 0 atom stereocenters. The Bertz CT molecular complexity index is 653. The zero-order chi connectivity index (χ0) is 14.3. The average Bonchev–Trinajstić information content (AvgIpc) is 2.38. The van der Waals surface area contributed by atoms with E-state index in [4.69, 9.17) is 0 Å². The molecule has 0 fully saturated rings. The van der Waals surface area contributed by atoms with Gasteiger partial charge in [-0.3, -0.25) is 0 Å². The summed E-state index contributed by atoms with van der Waals surface area (Å²) in [5.41, 5.74) is 7.55. The summed E-state index contributed by atoms with van der Waals surface area (Å²) in [5, 5.41) is 0. The molecule has 2 aromatic rings. The average molecular weight is 266 g/mol. The Balaban J connectivity index is 2.10. The third-order valence-electron chi connectivity index (χ3n) is 4.61. The highest BCUT2D eigenvalue weighted by Gasteiger charge is 2.28. The van der Waals surface area contributed by atoms with Gasteiger partial charge >= 0.3 is 0 Å². The molecule has 0 unspecified atom stereocenters. The van der Waals surface area contributed by atoms with Crippen LogP contribution in [0.4, 0.5) is 0 Å². The van der Waals surface area contributed by atoms with E-state index in [1.165, 1.54) is 41.6 Å². The number of hydrogen-bond donors (Lipinski definition) is 0. The van der Waals surface area contributed by atoms with Crippen molar-refractivity contribution in [2.24, 2.45) is 12.5 Å². The summed E-state index contributed by atoms with van der Waals surface area (Å²) < 4.78 is 2.29. The van der Waals surface area contributed by atoms with Gasteiger partial charge in [-0.05, 0) is 48.8 Å². The van der Waals surface area contributed by atoms with Crippen LogP contribution in [0.25, 0.3) is 11.3 Å². The van der Waals surface area contributed by atoms with Gasteiger partial charge in [-0.25, -0.2) is 4.57 Å². The van der Waals surface area contributed by atoms with E-state index in [9.17, 15) is 0 Å². The highest BCUT2D eigenvalue weighted by molar-refractivity contribution is 5.61. The van der Waals surface area contributed by atoms with Crippen molar-refractivity contribution < 1.29 is 4.57 Å². The molecule has 3 rings (SSSR count). The van der Waals surface area contributed by atoms with Crippen LogP contribution in [0, 0.1) is 12.3 Å². The van der Waals surface area contributed by atoms with Crippen molar-refractivity contribution in [2.75, 3.05) is 0 Å². The second kappa shape index (κ2) is 4.73. The zero-order valence-corrected chi connectivity index (χ0v) is 13.0. The van der Waals surface area contributed by atoms with E-state index < -0.39 is 0 Å². The van der Waals surface area contributed by atoms with Gasteiger partial charge < -0.3 is 0 Å². The van der Waals surface area contributed by atoms with Gasteiger partial charge in [0.2, 0.25) is 5.69 Å². The molecule has 1 heteroatoms. The van der Waals surface area contributed by atoms with Crippen LogP contribution in [0.15, 0.2) is 36.5 Å². The van der Waals surface area contributed by atoms with Gasteiger partial charge in [-0.1, -0.05) is 32.0 Å². The van der Waals surface area contributed by atoms with Crippen molar-refractivity contribution in [3.05, 3.63) is 53.2 Å². The van der Waals surface area contributed by atoms with E-state index >= 15 is 0 Å². The number of pyridine rings is 1. The van der Waals surface area contributed by atoms with Crippen LogP contribution in [-0.2, 0) is 19.9 Å². The van der Waals surface area contributed by atoms with E-state index in [2.05, 4.69) is 68.9 Å². The van der Waals surface area contributed by atoms with E-state index in [1.807, 2.05) is 0 Å². The van der Waals surface area contributed by atoms with Crippen molar-refractivity contribution in [2.45, 2.75) is 40.0 Å². The Morgan fingerprint density at radius 1 is 1.10 bits per heavy atom. The van der Waals surface area contributed by atoms with Gasteiger partial charge in [0, 0.05) is 17.2 Å². The maximum atomic E-state index is 2.41. The zero-order valence-electron chi connectivity index (χ0n) is 13.0. The minimum absolute atomic E-state index is 0.449. The lowest BCUT2D eigenvalue weighted by Crippen LogP contribution is -2.34. The van der Waals surface area contributed by atoms with Crippen molar-refractivity contribution in [3.63, 3.8) is 0 Å². The molecule has 0 bridgehead atoms. The van der Waals surface area contributed by atoms with Crippen molar-refractivity contribution >= 4 is 0 Å². The lowest BCUT2D eigenvalue weighted by atomic mass is 9.74. The molecule has 20 heavy (non-hydrogen) atoms. The van der Waals surface area contributed by atoms with E-state index in [0.717, 1.165) is 0 Å². The minimum Gasteiger partial charge on any atom is -0.201 e. The summed E-state index contributed by atoms with van der Waals surface area (Å²) in [4.78, 5) is 0. The molecule has 0 radical (unpaired) electrons. The number of benzene rings is 1. The fourth-order valence-corrected chi connectivity index (χ4v) is 3.34. The normalized spacial score (nSPS) is 16.8. The molecule has 0 spiro atoms. The monoisotopic (exact) mass is 266 g/mol. The highest BCUT2D eigenvalue weighted by Crippen LogP contribution is 2.35. The molecule has 104 valence electrons. The third-order valence-corrected chi connectivity index (χ3v) is 4.61. The van der Waals surface area contributed by atoms with Crippen molar-refractivity contribution in [1.82, 2.24) is 0 Å². The predicted molar refractivity (Wildman–Crippen MR) is 83.6 cm³/mol. The van der Waals surface area contributed by atoms with E-state index in [1.54, 1.807) is 5.56 Å². The summed E-state index contributed by atoms with van der Waals surface area (Å²) in [6.45, 7) is 6.95. The standard InChI is InChI=1S/C19H24N/c1-14-7-5-6-8-17(14)18-11-15-9-10-19(2,3)12-16(15)13-20(18)4/h5-8,11,13H,9-10,12H2,1-4H3/q+1. The largest absolute Gasteiger partial charge is 0.212 e. The summed E-state index contributed by atoms with van der Waals surface area (Å²) in [6.07, 6.45) is 6.05. The Kier molecular flexibility index (Phi) is 3.16. The molecule has 0 aliphatic heterocycles. The maximum absolute atomic E-state index is 2.41. The van der Waals surface area contributed by atoms with Crippen molar-refractivity contribution in [3.8, 4) is 11.3 Å². The van der Waals surface area contributed by atoms with E-state index in [0.29, 0.717) is 5.41 Å². The number of aryl methyl sites for hydroxylation is 3. The van der Waals surface area contributed by atoms with Crippen LogP contribution in [0.2, 0.25) is 0 Å². The summed E-state index contributed by atoms with van der Waals surface area (Å²) in [5.74, 6) is 0. The first-order chi connectivity index (χ1) is 9.46. The Hall–Kier alpha value is -1.63. The number of fused-ring (bicyclic) bond motifs is 1. The molecule has 0 saturated heterocycles. The molecule has 1 aliphatic rings. The van der Waals surface area contributed by atoms with Crippen LogP contribution in [-0.4, -0.2) is 0 Å². The summed E-state index contributed by atoms with van der Waals surface area (Å²) in [6, 6.07) is 11.1. The molecule has 0 saturated carbocycles. The van der Waals surface area contributed by atoms with Gasteiger partial charge in [0.15, 0.2) is 6.20 Å². The second-order valence-corrected chi connectivity index (χ2v) is 6.98. The maximum Gasteiger partial charge on any atom is 0.212 e. The highest BCUT2D eigenvalue weighted by atomic mass is 14.9. The molecule has 1 heterocycles. The van der Waals surface area contributed by atoms with Gasteiger partial charge in [-0.2, -0.15) is 0 Å². The number of rotatable bonds is 1. The van der Waals surface area contributed by atoms with Gasteiger partial charge in [0.1, 0.15) is 7.05 Å². The van der Waals surface area contributed by atoms with Crippen LogP contribution in [0.5, 0.6) is 0 Å².